The van der Waals surface area contributed by atoms with E-state index in [9.17, 15) is 13.2 Å². The highest BCUT2D eigenvalue weighted by molar-refractivity contribution is 7.90. The van der Waals surface area contributed by atoms with Crippen LogP contribution in [0.5, 0.6) is 17.4 Å². The van der Waals surface area contributed by atoms with Gasteiger partial charge in [-0.15, -0.1) is 11.6 Å². The third-order valence-corrected chi connectivity index (χ3v) is 8.57. The van der Waals surface area contributed by atoms with Crippen LogP contribution < -0.4 is 14.8 Å². The van der Waals surface area contributed by atoms with Gasteiger partial charge < -0.3 is 14.8 Å². The Morgan fingerprint density at radius 3 is 2.37 bits per heavy atom. The Morgan fingerprint density at radius 1 is 1.20 bits per heavy atom. The Bertz CT molecular complexity index is 1150. The topological polar surface area (TPSA) is 97.8 Å². The molecule has 192 valence electrons. The Kier molecular flexibility index (Phi) is 9.51. The lowest BCUT2D eigenvalue weighted by atomic mass is 9.94. The van der Waals surface area contributed by atoms with Gasteiger partial charge in [0.05, 0.1) is 23.4 Å². The third-order valence-electron chi connectivity index (χ3n) is 5.75. The van der Waals surface area contributed by atoms with Crippen LogP contribution in [0, 0.1) is 5.92 Å². The summed E-state index contributed by atoms with van der Waals surface area (Å²) in [7, 11) is -1.86. The molecule has 35 heavy (non-hydrogen) atoms. The average molecular weight is 565 g/mol. The maximum Gasteiger partial charge on any atom is 0.228 e. The molecule has 1 aromatic carbocycles. The minimum atomic E-state index is -3.42. The average Bonchev–Trinajstić information content (AvgIpc) is 2.81. The summed E-state index contributed by atoms with van der Waals surface area (Å²) in [6.07, 6.45) is 2.96. The van der Waals surface area contributed by atoms with E-state index < -0.39 is 15.2 Å². The lowest BCUT2D eigenvalue weighted by Crippen LogP contribution is -2.39. The molecule has 1 saturated heterocycles. The van der Waals surface area contributed by atoms with Crippen LogP contribution in [0.3, 0.4) is 0 Å². The van der Waals surface area contributed by atoms with Gasteiger partial charge in [0, 0.05) is 30.8 Å². The molecule has 12 heteroatoms. The maximum atomic E-state index is 12.6. The number of hydrogen-bond acceptors (Lipinski definition) is 6. The van der Waals surface area contributed by atoms with E-state index in [4.69, 9.17) is 44.3 Å². The number of benzene rings is 1. The normalized spacial score (nSPS) is 15.3. The monoisotopic (exact) mass is 563 g/mol. The predicted molar refractivity (Wildman–Crippen MR) is 139 cm³/mol. The van der Waals surface area contributed by atoms with Crippen LogP contribution in [-0.2, 0) is 14.8 Å². The minimum absolute atomic E-state index is 0.0723. The summed E-state index contributed by atoms with van der Waals surface area (Å²) in [4.78, 5) is 16.8. The first kappa shape index (κ1) is 27.8. The number of ether oxygens (including phenoxy) is 2. The van der Waals surface area contributed by atoms with E-state index in [0.29, 0.717) is 43.2 Å². The number of methoxy groups -OCH3 is 1. The third kappa shape index (κ3) is 7.13. The van der Waals surface area contributed by atoms with Crippen molar-refractivity contribution < 1.29 is 22.7 Å². The largest absolute Gasteiger partial charge is 0.481 e. The molecule has 0 radical (unpaired) electrons. The molecule has 0 saturated carbocycles. The van der Waals surface area contributed by atoms with Gasteiger partial charge in [-0.2, -0.15) is 0 Å². The second-order valence-corrected chi connectivity index (χ2v) is 12.0. The molecule has 8 nitrogen and oxygen atoms in total. The van der Waals surface area contributed by atoms with Crippen LogP contribution in [0.2, 0.25) is 10.0 Å². The number of alkyl halides is 1. The van der Waals surface area contributed by atoms with E-state index in [2.05, 4.69) is 10.3 Å². The second kappa shape index (κ2) is 12.0. The number of carbonyl (C=O) groups is 1. The Balaban J connectivity index is 1.63. The molecule has 2 heterocycles. The Morgan fingerprint density at radius 2 is 1.83 bits per heavy atom. The summed E-state index contributed by atoms with van der Waals surface area (Å²) in [5.41, 5.74) is 1.32. The highest BCUT2D eigenvalue weighted by Crippen LogP contribution is 2.40. The van der Waals surface area contributed by atoms with Crippen LogP contribution in [0.4, 0.5) is 5.69 Å². The number of anilines is 1. The van der Waals surface area contributed by atoms with E-state index in [-0.39, 0.29) is 40.0 Å². The number of rotatable bonds is 9. The fraction of sp³-hybridized carbons (Fsp3) is 0.478. The molecule has 1 aromatic heterocycles. The first-order chi connectivity index (χ1) is 16.5. The molecule has 1 aliphatic rings. The number of sulfonamides is 1. The van der Waals surface area contributed by atoms with Crippen molar-refractivity contribution in [2.75, 3.05) is 30.7 Å². The van der Waals surface area contributed by atoms with Crippen LogP contribution >= 0.6 is 34.8 Å². The highest BCUT2D eigenvalue weighted by atomic mass is 35.5. The highest BCUT2D eigenvalue weighted by Gasteiger charge is 2.28. The number of piperidine rings is 1. The van der Waals surface area contributed by atoms with Crippen molar-refractivity contribution in [3.8, 4) is 17.4 Å². The molecule has 0 unspecified atom stereocenters. The number of carbonyl (C=O) groups excluding carboxylic acids is 1. The number of amides is 1. The summed E-state index contributed by atoms with van der Waals surface area (Å²) < 4.78 is 36.3. The van der Waals surface area contributed by atoms with E-state index in [1.54, 1.807) is 19.2 Å². The first-order valence-corrected chi connectivity index (χ1v) is 14.0. The van der Waals surface area contributed by atoms with Crippen molar-refractivity contribution in [1.29, 1.82) is 0 Å². The van der Waals surface area contributed by atoms with Crippen molar-refractivity contribution in [3.63, 3.8) is 0 Å². The first-order valence-electron chi connectivity index (χ1n) is 11.1. The lowest BCUT2D eigenvalue weighted by Gasteiger charge is -2.30. The molecule has 1 fully saturated rings. The summed E-state index contributed by atoms with van der Waals surface area (Å²) in [6.45, 7) is 4.75. The van der Waals surface area contributed by atoms with Gasteiger partial charge in [0.1, 0.15) is 11.0 Å². The Hall–Kier alpha value is -1.78. The number of nitrogens with one attached hydrogen (secondary N) is 1. The summed E-state index contributed by atoms with van der Waals surface area (Å²) in [5.74, 6) is 1.27. The molecule has 0 atom stereocenters. The number of hydrogen-bond donors (Lipinski definition) is 1. The van der Waals surface area contributed by atoms with Crippen LogP contribution in [0.1, 0.15) is 44.6 Å². The molecular weight excluding hydrogens is 537 g/mol. The fourth-order valence-electron chi connectivity index (χ4n) is 3.87. The lowest BCUT2D eigenvalue weighted by molar-refractivity contribution is -0.117. The van der Waals surface area contributed by atoms with E-state index >= 15 is 0 Å². The summed E-state index contributed by atoms with van der Waals surface area (Å²) in [6, 6.07) is 4.95. The molecule has 1 N–H and O–H groups in total. The molecule has 2 aromatic rings. The quantitative estimate of drug-likeness (QED) is 0.382. The number of pyridine rings is 1. The minimum Gasteiger partial charge on any atom is -0.481 e. The van der Waals surface area contributed by atoms with Crippen LogP contribution in [0.25, 0.3) is 0 Å². The standard InChI is InChI=1S/C23H28Cl3N3O5S/c1-14(2)18-11-17(12-27-23(18)33-3)34-22-19(25)9-16(10-20(22)26)28-21(30)8-15-4-6-29(7-5-15)35(31,32)13-24/h9-12,14-15H,4-8,13H2,1-3H3,(H,28,30). The van der Waals surface area contributed by atoms with Crippen molar-refractivity contribution >= 4 is 56.4 Å². The van der Waals surface area contributed by atoms with E-state index in [0.717, 1.165) is 5.56 Å². The number of nitrogens with zero attached hydrogens (tertiary/aromatic N) is 2. The van der Waals surface area contributed by atoms with Gasteiger partial charge in [0.15, 0.2) is 5.75 Å². The fourth-order valence-corrected chi connectivity index (χ4v) is 5.75. The van der Waals surface area contributed by atoms with Crippen LogP contribution in [0.15, 0.2) is 24.4 Å². The zero-order chi connectivity index (χ0) is 25.8. The van der Waals surface area contributed by atoms with Crippen LogP contribution in [-0.4, -0.2) is 49.0 Å². The van der Waals surface area contributed by atoms with Crippen molar-refractivity contribution in [2.24, 2.45) is 5.92 Å². The smallest absolute Gasteiger partial charge is 0.228 e. The van der Waals surface area contributed by atoms with Crippen molar-refractivity contribution in [3.05, 3.63) is 40.0 Å². The maximum absolute atomic E-state index is 12.6. The molecule has 1 amide bonds. The van der Waals surface area contributed by atoms with Gasteiger partial charge in [-0.25, -0.2) is 17.7 Å². The molecule has 0 aliphatic carbocycles. The molecule has 3 rings (SSSR count). The SMILES string of the molecule is COc1ncc(Oc2c(Cl)cc(NC(=O)CC3CCN(S(=O)(=O)CCl)CC3)cc2Cl)cc1C(C)C. The van der Waals surface area contributed by atoms with Gasteiger partial charge in [0.25, 0.3) is 0 Å². The van der Waals surface area contributed by atoms with Crippen molar-refractivity contribution in [2.45, 2.75) is 39.0 Å². The van der Waals surface area contributed by atoms with E-state index in [1.165, 1.54) is 10.5 Å². The van der Waals surface area contributed by atoms with Crippen molar-refractivity contribution in [1.82, 2.24) is 9.29 Å². The zero-order valence-electron chi connectivity index (χ0n) is 19.7. The number of aromatic nitrogens is 1. The Labute approximate surface area is 220 Å². The summed E-state index contributed by atoms with van der Waals surface area (Å²) >= 11 is 18.3. The predicted octanol–water partition coefficient (Wildman–Crippen LogP) is 5.88. The van der Waals surface area contributed by atoms with Gasteiger partial charge in [0.2, 0.25) is 21.8 Å². The molecular formula is C23H28Cl3N3O5S. The van der Waals surface area contributed by atoms with Gasteiger partial charge in [-0.05, 0) is 42.9 Å². The van der Waals surface area contributed by atoms with Gasteiger partial charge in [-0.3, -0.25) is 4.79 Å². The second-order valence-electron chi connectivity index (χ2n) is 8.61. The molecule has 0 bridgehead atoms. The summed E-state index contributed by atoms with van der Waals surface area (Å²) in [5, 5.41) is 2.83. The number of halogens is 3. The van der Waals surface area contributed by atoms with Gasteiger partial charge in [-0.1, -0.05) is 37.0 Å². The van der Waals surface area contributed by atoms with E-state index in [1.807, 2.05) is 19.9 Å². The molecule has 0 spiro atoms. The zero-order valence-corrected chi connectivity index (χ0v) is 22.8. The molecule has 1 aliphatic heterocycles. The van der Waals surface area contributed by atoms with Gasteiger partial charge >= 0.3 is 0 Å².